The van der Waals surface area contributed by atoms with E-state index in [0.29, 0.717) is 0 Å². The molecule has 0 saturated heterocycles. The van der Waals surface area contributed by atoms with Crippen LogP contribution in [0.4, 0.5) is 0 Å². The standard InChI is InChI=1S/C3H5IO/c1-3(4)2-5/h2-3H,1H3/t3-/m0/s1. The minimum absolute atomic E-state index is 0.174. The highest BCUT2D eigenvalue weighted by Gasteiger charge is 1.82. The van der Waals surface area contributed by atoms with E-state index >= 15 is 0 Å². The summed E-state index contributed by atoms with van der Waals surface area (Å²) >= 11 is 2.04. The first-order chi connectivity index (χ1) is 2.27. The van der Waals surface area contributed by atoms with Gasteiger partial charge in [-0.05, 0) is 6.92 Å². The zero-order valence-electron chi connectivity index (χ0n) is 2.94. The molecule has 1 nitrogen and oxygen atoms in total. The van der Waals surface area contributed by atoms with Crippen molar-refractivity contribution in [2.75, 3.05) is 0 Å². The first-order valence-electron chi connectivity index (χ1n) is 1.36. The molecule has 0 N–H and O–H groups in total. The largest absolute Gasteiger partial charge is 0.302 e. The second-order valence-electron chi connectivity index (χ2n) is 0.814. The Morgan fingerprint density at radius 2 is 2.20 bits per heavy atom. The Morgan fingerprint density at radius 1 is 2.00 bits per heavy atom. The van der Waals surface area contributed by atoms with Crippen LogP contribution in [0.5, 0.6) is 0 Å². The van der Waals surface area contributed by atoms with Gasteiger partial charge in [0.05, 0.1) is 3.92 Å². The Bertz CT molecular complexity index is 33.9. The maximum Gasteiger partial charge on any atom is 0.132 e. The minimum atomic E-state index is 0.174. The highest BCUT2D eigenvalue weighted by atomic mass is 127. The number of rotatable bonds is 1. The molecule has 0 aliphatic carbocycles. The molecule has 5 heavy (non-hydrogen) atoms. The molecular weight excluding hydrogens is 179 g/mol. The van der Waals surface area contributed by atoms with Crippen molar-refractivity contribution in [3.05, 3.63) is 0 Å². The Kier molecular flexibility index (Phi) is 2.84. The summed E-state index contributed by atoms with van der Waals surface area (Å²) in [6.07, 6.45) is 0.903. The van der Waals surface area contributed by atoms with Crippen molar-refractivity contribution in [3.63, 3.8) is 0 Å². The van der Waals surface area contributed by atoms with Gasteiger partial charge in [0.25, 0.3) is 0 Å². The topological polar surface area (TPSA) is 17.1 Å². The molecular formula is C3H5IO. The zero-order valence-corrected chi connectivity index (χ0v) is 5.10. The van der Waals surface area contributed by atoms with Crippen LogP contribution in [-0.2, 0) is 4.79 Å². The van der Waals surface area contributed by atoms with Gasteiger partial charge in [0.15, 0.2) is 0 Å². The van der Waals surface area contributed by atoms with Crippen LogP contribution >= 0.6 is 22.6 Å². The fourth-order valence-corrected chi connectivity index (χ4v) is 0. The molecule has 0 saturated carbocycles. The van der Waals surface area contributed by atoms with Crippen molar-refractivity contribution >= 4 is 28.9 Å². The molecule has 2 heteroatoms. The van der Waals surface area contributed by atoms with Crippen molar-refractivity contribution in [1.82, 2.24) is 0 Å². The van der Waals surface area contributed by atoms with Crippen LogP contribution in [0.15, 0.2) is 0 Å². The van der Waals surface area contributed by atoms with Gasteiger partial charge in [0.1, 0.15) is 6.29 Å². The molecule has 0 rings (SSSR count). The fourth-order valence-electron chi connectivity index (χ4n) is 0. The highest BCUT2D eigenvalue weighted by Crippen LogP contribution is 1.89. The average molecular weight is 184 g/mol. The van der Waals surface area contributed by atoms with Gasteiger partial charge in [-0.1, -0.05) is 22.6 Å². The SMILES string of the molecule is C[C@H](I)C=O. The number of halogens is 1. The summed E-state index contributed by atoms with van der Waals surface area (Å²) in [6, 6.07) is 0. The lowest BCUT2D eigenvalue weighted by atomic mass is 10.6. The van der Waals surface area contributed by atoms with Gasteiger partial charge in [-0.15, -0.1) is 0 Å². The van der Waals surface area contributed by atoms with Crippen LogP contribution in [0.1, 0.15) is 6.92 Å². The average Bonchev–Trinajstić information content (AvgIpc) is 1.38. The summed E-state index contributed by atoms with van der Waals surface area (Å²) in [5.41, 5.74) is 0. The van der Waals surface area contributed by atoms with Crippen molar-refractivity contribution in [2.24, 2.45) is 0 Å². The van der Waals surface area contributed by atoms with Gasteiger partial charge >= 0.3 is 0 Å². The first kappa shape index (κ1) is 5.40. The lowest BCUT2D eigenvalue weighted by Gasteiger charge is -1.76. The van der Waals surface area contributed by atoms with Gasteiger partial charge in [-0.3, -0.25) is 0 Å². The van der Waals surface area contributed by atoms with E-state index in [2.05, 4.69) is 0 Å². The van der Waals surface area contributed by atoms with E-state index < -0.39 is 0 Å². The minimum Gasteiger partial charge on any atom is -0.302 e. The van der Waals surface area contributed by atoms with Gasteiger partial charge < -0.3 is 4.79 Å². The number of aldehydes is 1. The molecule has 0 aromatic heterocycles. The number of carbonyl (C=O) groups is 1. The smallest absolute Gasteiger partial charge is 0.132 e. The molecule has 0 amide bonds. The number of hydrogen-bond acceptors (Lipinski definition) is 1. The summed E-state index contributed by atoms with van der Waals surface area (Å²) in [5, 5.41) is 0. The van der Waals surface area contributed by atoms with Crippen LogP contribution < -0.4 is 0 Å². The summed E-state index contributed by atoms with van der Waals surface area (Å²) in [4.78, 5) is 9.50. The predicted octanol–water partition coefficient (Wildman–Crippen LogP) is 1.01. The predicted molar refractivity (Wildman–Crippen MR) is 29.5 cm³/mol. The molecule has 0 aliphatic heterocycles. The summed E-state index contributed by atoms with van der Waals surface area (Å²) < 4.78 is 0.174. The monoisotopic (exact) mass is 184 g/mol. The third-order valence-corrected chi connectivity index (χ3v) is 0.481. The van der Waals surface area contributed by atoms with Crippen LogP contribution in [0.3, 0.4) is 0 Å². The third kappa shape index (κ3) is 4.40. The molecule has 0 unspecified atom stereocenters. The molecule has 0 bridgehead atoms. The molecule has 0 aromatic carbocycles. The van der Waals surface area contributed by atoms with Crippen molar-refractivity contribution in [3.8, 4) is 0 Å². The summed E-state index contributed by atoms with van der Waals surface area (Å²) in [7, 11) is 0. The molecule has 0 fully saturated rings. The van der Waals surface area contributed by atoms with Crippen LogP contribution in [0.2, 0.25) is 0 Å². The quantitative estimate of drug-likeness (QED) is 0.337. The van der Waals surface area contributed by atoms with Crippen LogP contribution in [0.25, 0.3) is 0 Å². The summed E-state index contributed by atoms with van der Waals surface area (Å²) in [5.74, 6) is 0. The Balaban J connectivity index is 2.83. The normalized spacial score (nSPS) is 14.0. The van der Waals surface area contributed by atoms with Gasteiger partial charge in [0.2, 0.25) is 0 Å². The maximum atomic E-state index is 9.50. The van der Waals surface area contributed by atoms with E-state index in [-0.39, 0.29) is 3.92 Å². The van der Waals surface area contributed by atoms with E-state index in [9.17, 15) is 4.79 Å². The molecule has 1 atom stereocenters. The van der Waals surface area contributed by atoms with Crippen LogP contribution in [-0.4, -0.2) is 10.2 Å². The lowest BCUT2D eigenvalue weighted by Crippen LogP contribution is -1.85. The third-order valence-electron chi connectivity index (χ3n) is 0.188. The van der Waals surface area contributed by atoms with Crippen molar-refractivity contribution in [1.29, 1.82) is 0 Å². The molecule has 0 radical (unpaired) electrons. The Labute approximate surface area is 44.9 Å². The van der Waals surface area contributed by atoms with E-state index in [1.165, 1.54) is 0 Å². The number of hydrogen-bond donors (Lipinski definition) is 0. The van der Waals surface area contributed by atoms with E-state index in [1.54, 1.807) is 0 Å². The second kappa shape index (κ2) is 2.63. The fraction of sp³-hybridized carbons (Fsp3) is 0.667. The molecule has 0 aromatic rings. The maximum absolute atomic E-state index is 9.50. The Hall–Kier alpha value is 0.400. The van der Waals surface area contributed by atoms with E-state index in [0.717, 1.165) is 6.29 Å². The van der Waals surface area contributed by atoms with Gasteiger partial charge in [0, 0.05) is 0 Å². The summed E-state index contributed by atoms with van der Waals surface area (Å²) in [6.45, 7) is 1.84. The van der Waals surface area contributed by atoms with Gasteiger partial charge in [-0.2, -0.15) is 0 Å². The zero-order chi connectivity index (χ0) is 4.28. The van der Waals surface area contributed by atoms with Crippen molar-refractivity contribution < 1.29 is 4.79 Å². The molecule has 0 heterocycles. The first-order valence-corrected chi connectivity index (χ1v) is 2.61. The van der Waals surface area contributed by atoms with E-state index in [4.69, 9.17) is 0 Å². The van der Waals surface area contributed by atoms with Gasteiger partial charge in [-0.25, -0.2) is 0 Å². The Morgan fingerprint density at radius 3 is 2.20 bits per heavy atom. The number of carbonyl (C=O) groups excluding carboxylic acids is 1. The highest BCUT2D eigenvalue weighted by molar-refractivity contribution is 14.1. The molecule has 30 valence electrons. The van der Waals surface area contributed by atoms with Crippen molar-refractivity contribution in [2.45, 2.75) is 10.8 Å². The molecule has 0 spiro atoms. The second-order valence-corrected chi connectivity index (χ2v) is 2.78. The lowest BCUT2D eigenvalue weighted by molar-refractivity contribution is -0.106. The number of alkyl halides is 1. The van der Waals surface area contributed by atoms with Crippen LogP contribution in [0, 0.1) is 0 Å². The molecule has 0 aliphatic rings. The van der Waals surface area contributed by atoms with E-state index in [1.807, 2.05) is 29.5 Å².